The van der Waals surface area contributed by atoms with Crippen LogP contribution in [0, 0.1) is 11.8 Å². The van der Waals surface area contributed by atoms with Gasteiger partial charge in [0, 0.05) is 24.1 Å². The van der Waals surface area contributed by atoms with Gasteiger partial charge in [0.1, 0.15) is 5.75 Å². The van der Waals surface area contributed by atoms with Crippen molar-refractivity contribution in [1.29, 1.82) is 0 Å². The Labute approximate surface area is 133 Å². The van der Waals surface area contributed by atoms with E-state index >= 15 is 0 Å². The van der Waals surface area contributed by atoms with Crippen LogP contribution in [0.15, 0.2) is 24.3 Å². The second-order valence-electron chi connectivity index (χ2n) is 6.65. The lowest BCUT2D eigenvalue weighted by Crippen LogP contribution is -2.37. The monoisotopic (exact) mass is 304 g/mol. The van der Waals surface area contributed by atoms with Gasteiger partial charge in [-0.05, 0) is 31.2 Å². The number of ether oxygens (including phenoxy) is 1. The normalized spacial score (nSPS) is 21.6. The van der Waals surface area contributed by atoms with Crippen molar-refractivity contribution in [2.75, 3.05) is 6.61 Å². The lowest BCUT2D eigenvalue weighted by Gasteiger charge is -2.25. The second kappa shape index (κ2) is 8.18. The molecule has 0 heterocycles. The van der Waals surface area contributed by atoms with Crippen LogP contribution in [-0.2, 0) is 11.3 Å². The van der Waals surface area contributed by atoms with Gasteiger partial charge in [-0.25, -0.2) is 0 Å². The lowest BCUT2D eigenvalue weighted by molar-refractivity contribution is -0.126. The highest BCUT2D eigenvalue weighted by atomic mass is 16.5. The summed E-state index contributed by atoms with van der Waals surface area (Å²) in [5.41, 5.74) is 6.99. The van der Waals surface area contributed by atoms with E-state index in [0.29, 0.717) is 19.1 Å². The first-order chi connectivity index (χ1) is 10.6. The van der Waals surface area contributed by atoms with Crippen LogP contribution in [-0.4, -0.2) is 18.6 Å². The third-order valence-corrected chi connectivity index (χ3v) is 4.08. The summed E-state index contributed by atoms with van der Waals surface area (Å²) in [6, 6.07) is 8.07. The molecule has 2 atom stereocenters. The molecule has 0 aromatic heterocycles. The molecule has 0 spiro atoms. The van der Waals surface area contributed by atoms with Crippen LogP contribution in [0.25, 0.3) is 0 Å². The highest BCUT2D eigenvalue weighted by Crippen LogP contribution is 2.24. The van der Waals surface area contributed by atoms with Gasteiger partial charge in [0.05, 0.1) is 6.61 Å². The van der Waals surface area contributed by atoms with Crippen molar-refractivity contribution in [3.63, 3.8) is 0 Å². The molecule has 1 saturated carbocycles. The fourth-order valence-corrected chi connectivity index (χ4v) is 2.84. The maximum atomic E-state index is 12.3. The molecule has 1 fully saturated rings. The Bertz CT molecular complexity index is 488. The van der Waals surface area contributed by atoms with E-state index < -0.39 is 0 Å². The van der Waals surface area contributed by atoms with Crippen molar-refractivity contribution in [3.8, 4) is 5.75 Å². The SMILES string of the molecule is CC(C)COc1ccccc1CNC(=O)C1CCCC(N)C1. The van der Waals surface area contributed by atoms with Gasteiger partial charge in [-0.2, -0.15) is 0 Å². The number of nitrogens with two attached hydrogens (primary N) is 1. The van der Waals surface area contributed by atoms with Crippen LogP contribution in [0.3, 0.4) is 0 Å². The summed E-state index contributed by atoms with van der Waals surface area (Å²) in [5, 5.41) is 3.04. The maximum Gasteiger partial charge on any atom is 0.223 e. The van der Waals surface area contributed by atoms with Gasteiger partial charge in [-0.15, -0.1) is 0 Å². The summed E-state index contributed by atoms with van der Waals surface area (Å²) in [5.74, 6) is 1.52. The molecule has 0 radical (unpaired) electrons. The summed E-state index contributed by atoms with van der Waals surface area (Å²) >= 11 is 0. The van der Waals surface area contributed by atoms with Crippen molar-refractivity contribution < 1.29 is 9.53 Å². The van der Waals surface area contributed by atoms with Crippen molar-refractivity contribution in [1.82, 2.24) is 5.32 Å². The van der Waals surface area contributed by atoms with E-state index in [0.717, 1.165) is 37.0 Å². The molecule has 1 amide bonds. The Hall–Kier alpha value is -1.55. The molecule has 2 unspecified atom stereocenters. The summed E-state index contributed by atoms with van der Waals surface area (Å²) < 4.78 is 5.82. The third-order valence-electron chi connectivity index (χ3n) is 4.08. The molecule has 1 aromatic carbocycles. The summed E-state index contributed by atoms with van der Waals surface area (Å²) in [7, 11) is 0. The highest BCUT2D eigenvalue weighted by molar-refractivity contribution is 5.78. The van der Waals surface area contributed by atoms with E-state index in [1.165, 1.54) is 0 Å². The Morgan fingerprint density at radius 3 is 2.86 bits per heavy atom. The molecule has 0 aliphatic heterocycles. The number of rotatable bonds is 6. The number of amides is 1. The van der Waals surface area contributed by atoms with Crippen LogP contribution >= 0.6 is 0 Å². The van der Waals surface area contributed by atoms with E-state index in [9.17, 15) is 4.79 Å². The van der Waals surface area contributed by atoms with Gasteiger partial charge in [-0.3, -0.25) is 4.79 Å². The zero-order valence-corrected chi connectivity index (χ0v) is 13.7. The molecule has 4 nitrogen and oxygen atoms in total. The van der Waals surface area contributed by atoms with Crippen LogP contribution in [0.1, 0.15) is 45.1 Å². The van der Waals surface area contributed by atoms with Crippen LogP contribution in [0.5, 0.6) is 5.75 Å². The highest BCUT2D eigenvalue weighted by Gasteiger charge is 2.25. The minimum absolute atomic E-state index is 0.0625. The topological polar surface area (TPSA) is 64.3 Å². The quantitative estimate of drug-likeness (QED) is 0.849. The first-order valence-corrected chi connectivity index (χ1v) is 8.30. The number of para-hydroxylation sites is 1. The molecule has 1 aromatic rings. The zero-order valence-electron chi connectivity index (χ0n) is 13.7. The number of carbonyl (C=O) groups excluding carboxylic acids is 1. The predicted octanol–water partition coefficient (Wildman–Crippen LogP) is 2.86. The van der Waals surface area contributed by atoms with Crippen molar-refractivity contribution in [2.24, 2.45) is 17.6 Å². The second-order valence-corrected chi connectivity index (χ2v) is 6.65. The van der Waals surface area contributed by atoms with Gasteiger partial charge in [0.25, 0.3) is 0 Å². The van der Waals surface area contributed by atoms with E-state index in [4.69, 9.17) is 10.5 Å². The maximum absolute atomic E-state index is 12.3. The number of nitrogens with one attached hydrogen (secondary N) is 1. The van der Waals surface area contributed by atoms with Crippen molar-refractivity contribution >= 4 is 5.91 Å². The first-order valence-electron chi connectivity index (χ1n) is 8.30. The third kappa shape index (κ3) is 5.02. The van der Waals surface area contributed by atoms with Gasteiger partial charge in [0.2, 0.25) is 5.91 Å². The number of carbonyl (C=O) groups is 1. The summed E-state index contributed by atoms with van der Waals surface area (Å²) in [6.45, 7) is 5.44. The molecular weight excluding hydrogens is 276 g/mol. The van der Waals surface area contributed by atoms with Crippen LogP contribution in [0.2, 0.25) is 0 Å². The molecular formula is C18H28N2O2. The molecule has 2 rings (SSSR count). The molecule has 122 valence electrons. The molecule has 1 aliphatic carbocycles. The van der Waals surface area contributed by atoms with Crippen molar-refractivity contribution in [3.05, 3.63) is 29.8 Å². The fourth-order valence-electron chi connectivity index (χ4n) is 2.84. The lowest BCUT2D eigenvalue weighted by atomic mass is 9.85. The van der Waals surface area contributed by atoms with Crippen LogP contribution < -0.4 is 15.8 Å². The molecule has 1 aliphatic rings. The predicted molar refractivity (Wildman–Crippen MR) is 88.6 cm³/mol. The molecule has 0 saturated heterocycles. The average molecular weight is 304 g/mol. The smallest absolute Gasteiger partial charge is 0.223 e. The summed E-state index contributed by atoms with van der Waals surface area (Å²) in [6.07, 6.45) is 3.84. The Morgan fingerprint density at radius 1 is 1.36 bits per heavy atom. The largest absolute Gasteiger partial charge is 0.493 e. The number of benzene rings is 1. The fraction of sp³-hybridized carbons (Fsp3) is 0.611. The Kier molecular flexibility index (Phi) is 6.25. The summed E-state index contributed by atoms with van der Waals surface area (Å²) in [4.78, 5) is 12.3. The van der Waals surface area contributed by atoms with Gasteiger partial charge >= 0.3 is 0 Å². The van der Waals surface area contributed by atoms with E-state index in [2.05, 4.69) is 19.2 Å². The van der Waals surface area contributed by atoms with E-state index in [-0.39, 0.29) is 17.9 Å². The van der Waals surface area contributed by atoms with E-state index in [1.807, 2.05) is 24.3 Å². The van der Waals surface area contributed by atoms with E-state index in [1.54, 1.807) is 0 Å². The number of hydrogen-bond acceptors (Lipinski definition) is 3. The van der Waals surface area contributed by atoms with Gasteiger partial charge in [-0.1, -0.05) is 38.5 Å². The first kappa shape index (κ1) is 16.8. The van der Waals surface area contributed by atoms with Crippen molar-refractivity contribution in [2.45, 2.75) is 52.1 Å². The molecule has 22 heavy (non-hydrogen) atoms. The molecule has 4 heteroatoms. The Balaban J connectivity index is 1.89. The molecule has 3 N–H and O–H groups in total. The molecule has 0 bridgehead atoms. The Morgan fingerprint density at radius 2 is 2.14 bits per heavy atom. The average Bonchev–Trinajstić information content (AvgIpc) is 2.51. The minimum Gasteiger partial charge on any atom is -0.493 e. The van der Waals surface area contributed by atoms with Crippen LogP contribution in [0.4, 0.5) is 0 Å². The zero-order chi connectivity index (χ0) is 15.9. The van der Waals surface area contributed by atoms with Gasteiger partial charge in [0.15, 0.2) is 0 Å². The standard InChI is InChI=1S/C18H28N2O2/c1-13(2)12-22-17-9-4-3-6-15(17)11-20-18(21)14-7-5-8-16(19)10-14/h3-4,6,9,13-14,16H,5,7-8,10-12,19H2,1-2H3,(H,20,21). The van der Waals surface area contributed by atoms with Gasteiger partial charge < -0.3 is 15.8 Å². The minimum atomic E-state index is 0.0625. The number of hydrogen-bond donors (Lipinski definition) is 2.